The van der Waals surface area contributed by atoms with Gasteiger partial charge in [0.1, 0.15) is 5.75 Å². The Balaban J connectivity index is 1.67. The molecule has 0 amide bonds. The van der Waals surface area contributed by atoms with Gasteiger partial charge >= 0.3 is 5.97 Å². The topological polar surface area (TPSA) is 61.8 Å². The Kier molecular flexibility index (Phi) is 4.10. The minimum absolute atomic E-state index is 0.0844. The summed E-state index contributed by atoms with van der Waals surface area (Å²) in [6, 6.07) is 11.9. The van der Waals surface area contributed by atoms with E-state index in [9.17, 15) is 9.59 Å². The van der Waals surface area contributed by atoms with Gasteiger partial charge in [-0.15, -0.1) is 0 Å². The van der Waals surface area contributed by atoms with Gasteiger partial charge in [-0.25, -0.2) is 4.79 Å². The van der Waals surface area contributed by atoms with E-state index < -0.39 is 5.97 Å². The number of rotatable bonds is 4. The number of hydrogen-bond donors (Lipinski definition) is 0. The lowest BCUT2D eigenvalue weighted by Gasteiger charge is -2.03. The first-order chi connectivity index (χ1) is 11.1. The molecule has 23 heavy (non-hydrogen) atoms. The van der Waals surface area contributed by atoms with Crippen molar-refractivity contribution < 1.29 is 23.8 Å². The number of fused-ring (bicyclic) bond motifs is 1. The molecular weight excluding hydrogens is 296 g/mol. The van der Waals surface area contributed by atoms with Gasteiger partial charge in [0.25, 0.3) is 0 Å². The molecule has 3 rings (SSSR count). The lowest BCUT2D eigenvalue weighted by molar-refractivity contribution is -0.128. The number of ketones is 1. The van der Waals surface area contributed by atoms with E-state index in [-0.39, 0.29) is 12.6 Å². The molecule has 1 aliphatic rings. The number of Topliss-reactive ketones (excluding diaryl/α,β-unsaturated/α-hetero) is 1. The van der Waals surface area contributed by atoms with E-state index in [1.54, 1.807) is 36.4 Å². The molecule has 0 saturated heterocycles. The zero-order valence-electron chi connectivity index (χ0n) is 12.4. The highest BCUT2D eigenvalue weighted by molar-refractivity contribution is 5.95. The molecule has 0 spiro atoms. The van der Waals surface area contributed by atoms with Crippen molar-refractivity contribution in [2.24, 2.45) is 0 Å². The predicted octanol–water partition coefficient (Wildman–Crippen LogP) is 3.24. The van der Waals surface area contributed by atoms with Crippen molar-refractivity contribution in [2.45, 2.75) is 6.92 Å². The van der Waals surface area contributed by atoms with Crippen molar-refractivity contribution in [1.82, 2.24) is 0 Å². The summed E-state index contributed by atoms with van der Waals surface area (Å²) in [7, 11) is 0. The molecule has 5 heteroatoms. The third-order valence-electron chi connectivity index (χ3n) is 3.27. The van der Waals surface area contributed by atoms with Crippen molar-refractivity contribution in [2.75, 3.05) is 6.79 Å². The number of esters is 1. The minimum Gasteiger partial charge on any atom is -0.454 e. The Hall–Kier alpha value is -3.08. The fourth-order valence-electron chi connectivity index (χ4n) is 2.11. The lowest BCUT2D eigenvalue weighted by Crippen LogP contribution is -2.04. The van der Waals surface area contributed by atoms with Gasteiger partial charge in [0.05, 0.1) is 0 Å². The van der Waals surface area contributed by atoms with Gasteiger partial charge in [0.15, 0.2) is 17.3 Å². The molecule has 0 aliphatic carbocycles. The Labute approximate surface area is 133 Å². The molecule has 0 N–H and O–H groups in total. The molecule has 2 aromatic rings. The average Bonchev–Trinajstić information content (AvgIpc) is 3.01. The number of benzene rings is 2. The molecule has 0 saturated carbocycles. The van der Waals surface area contributed by atoms with Crippen LogP contribution in [0.4, 0.5) is 0 Å². The smallest absolute Gasteiger partial charge is 0.336 e. The van der Waals surface area contributed by atoms with Crippen LogP contribution in [0.5, 0.6) is 17.2 Å². The van der Waals surface area contributed by atoms with Gasteiger partial charge < -0.3 is 14.2 Å². The molecule has 5 nitrogen and oxygen atoms in total. The average molecular weight is 310 g/mol. The van der Waals surface area contributed by atoms with Crippen LogP contribution in [0.1, 0.15) is 22.8 Å². The summed E-state index contributed by atoms with van der Waals surface area (Å²) in [6.07, 6.45) is 2.94. The number of carbonyl (C=O) groups is 2. The number of ether oxygens (including phenoxy) is 3. The highest BCUT2D eigenvalue weighted by atomic mass is 16.7. The zero-order valence-corrected chi connectivity index (χ0v) is 12.4. The highest BCUT2D eigenvalue weighted by Crippen LogP contribution is 2.32. The van der Waals surface area contributed by atoms with E-state index in [4.69, 9.17) is 14.2 Å². The zero-order chi connectivity index (χ0) is 16.2. The van der Waals surface area contributed by atoms with E-state index in [0.717, 1.165) is 5.56 Å². The maximum absolute atomic E-state index is 11.9. The third-order valence-corrected chi connectivity index (χ3v) is 3.27. The summed E-state index contributed by atoms with van der Waals surface area (Å²) in [4.78, 5) is 23.2. The van der Waals surface area contributed by atoms with Crippen LogP contribution >= 0.6 is 0 Å². The summed E-state index contributed by atoms with van der Waals surface area (Å²) < 4.78 is 15.7. The van der Waals surface area contributed by atoms with Crippen LogP contribution in [0.15, 0.2) is 48.5 Å². The van der Waals surface area contributed by atoms with Crippen LogP contribution in [-0.4, -0.2) is 18.5 Å². The second-order valence-electron chi connectivity index (χ2n) is 4.95. The first-order valence-corrected chi connectivity index (χ1v) is 7.02. The molecule has 0 unspecified atom stereocenters. The predicted molar refractivity (Wildman–Crippen MR) is 83.7 cm³/mol. The van der Waals surface area contributed by atoms with Gasteiger partial charge in [-0.3, -0.25) is 4.79 Å². The fraction of sp³-hybridized carbons (Fsp3) is 0.111. The normalized spacial score (nSPS) is 12.4. The third kappa shape index (κ3) is 3.58. The summed E-state index contributed by atoms with van der Waals surface area (Å²) in [6.45, 7) is 1.66. The van der Waals surface area contributed by atoms with E-state index >= 15 is 0 Å². The Morgan fingerprint density at radius 3 is 2.74 bits per heavy atom. The summed E-state index contributed by atoms with van der Waals surface area (Å²) >= 11 is 0. The molecule has 0 bridgehead atoms. The molecule has 0 fully saturated rings. The molecule has 2 aromatic carbocycles. The van der Waals surface area contributed by atoms with Crippen molar-refractivity contribution in [3.63, 3.8) is 0 Å². The lowest BCUT2D eigenvalue weighted by atomic mass is 10.1. The monoisotopic (exact) mass is 310 g/mol. The van der Waals surface area contributed by atoms with Crippen molar-refractivity contribution in [1.29, 1.82) is 0 Å². The van der Waals surface area contributed by atoms with Crippen LogP contribution in [0, 0.1) is 0 Å². The van der Waals surface area contributed by atoms with Crippen LogP contribution in [0.25, 0.3) is 6.08 Å². The molecule has 0 atom stereocenters. The highest BCUT2D eigenvalue weighted by Gasteiger charge is 2.12. The van der Waals surface area contributed by atoms with Crippen molar-refractivity contribution in [3.05, 3.63) is 59.7 Å². The molecule has 116 valence electrons. The van der Waals surface area contributed by atoms with Crippen molar-refractivity contribution in [3.8, 4) is 17.2 Å². The van der Waals surface area contributed by atoms with Gasteiger partial charge in [-0.1, -0.05) is 18.2 Å². The summed E-state index contributed by atoms with van der Waals surface area (Å²) in [5.74, 6) is 1.06. The van der Waals surface area contributed by atoms with Gasteiger partial charge in [0.2, 0.25) is 6.79 Å². The van der Waals surface area contributed by atoms with E-state index in [2.05, 4.69) is 0 Å². The van der Waals surface area contributed by atoms with Crippen molar-refractivity contribution >= 4 is 17.8 Å². The first-order valence-electron chi connectivity index (χ1n) is 7.02. The Morgan fingerprint density at radius 1 is 1.09 bits per heavy atom. The summed E-state index contributed by atoms with van der Waals surface area (Å²) in [5, 5.41) is 0. The van der Waals surface area contributed by atoms with Crippen LogP contribution in [0.2, 0.25) is 0 Å². The van der Waals surface area contributed by atoms with E-state index in [0.29, 0.717) is 22.8 Å². The standard InChI is InChI=1S/C18H14O5/c1-12(19)14-3-2-4-15(10-14)23-18(20)8-6-13-5-7-16-17(9-13)22-11-21-16/h2-10H,11H2,1H3. The maximum atomic E-state index is 11.9. The Bertz CT molecular complexity index is 792. The van der Waals surface area contributed by atoms with Gasteiger partial charge in [-0.05, 0) is 42.8 Å². The second kappa shape index (κ2) is 6.36. The van der Waals surface area contributed by atoms with Gasteiger partial charge in [0, 0.05) is 11.6 Å². The largest absolute Gasteiger partial charge is 0.454 e. The van der Waals surface area contributed by atoms with Crippen LogP contribution in [0.3, 0.4) is 0 Å². The fourth-order valence-corrected chi connectivity index (χ4v) is 2.11. The van der Waals surface area contributed by atoms with E-state index in [1.165, 1.54) is 19.1 Å². The van der Waals surface area contributed by atoms with Gasteiger partial charge in [-0.2, -0.15) is 0 Å². The van der Waals surface area contributed by atoms with Crippen LogP contribution in [-0.2, 0) is 4.79 Å². The number of hydrogen-bond acceptors (Lipinski definition) is 5. The molecule has 1 aliphatic heterocycles. The number of carbonyl (C=O) groups excluding carboxylic acids is 2. The second-order valence-corrected chi connectivity index (χ2v) is 4.95. The Morgan fingerprint density at radius 2 is 1.91 bits per heavy atom. The minimum atomic E-state index is -0.525. The maximum Gasteiger partial charge on any atom is 0.336 e. The summed E-state index contributed by atoms with van der Waals surface area (Å²) in [5.41, 5.74) is 1.29. The quantitative estimate of drug-likeness (QED) is 0.375. The van der Waals surface area contributed by atoms with Crippen LogP contribution < -0.4 is 14.2 Å². The molecule has 1 heterocycles. The van der Waals surface area contributed by atoms with E-state index in [1.807, 2.05) is 6.07 Å². The SMILES string of the molecule is CC(=O)c1cccc(OC(=O)C=Cc2ccc3c(c2)OCO3)c1. The molecular formula is C18H14O5. The molecule has 0 aromatic heterocycles. The molecule has 0 radical (unpaired) electrons. The first kappa shape index (κ1) is 14.8.